The van der Waals surface area contributed by atoms with Crippen LogP contribution in [0.5, 0.6) is 0 Å². The average molecular weight is 234 g/mol. The summed E-state index contributed by atoms with van der Waals surface area (Å²) < 4.78 is 2.08. The van der Waals surface area contributed by atoms with Gasteiger partial charge in [-0.2, -0.15) is 0 Å². The van der Waals surface area contributed by atoms with Crippen LogP contribution in [-0.4, -0.2) is 28.5 Å². The standard InChI is InChI=1S/C13H22N4/c1-16-8-6-7-12(16)11-15-13(14)17-9-4-2-3-5-10-17/h6-8H,2-5,9-11H2,1H3,(H2,14,15). The molecule has 1 fully saturated rings. The quantitative estimate of drug-likeness (QED) is 0.625. The zero-order valence-electron chi connectivity index (χ0n) is 10.6. The Bertz CT molecular complexity index is 373. The third-order valence-corrected chi connectivity index (χ3v) is 3.38. The first-order chi connectivity index (χ1) is 8.27. The molecule has 0 radical (unpaired) electrons. The minimum absolute atomic E-state index is 0.672. The molecule has 1 aromatic rings. The maximum absolute atomic E-state index is 6.05. The summed E-state index contributed by atoms with van der Waals surface area (Å²) in [5, 5.41) is 0. The van der Waals surface area contributed by atoms with Crippen LogP contribution in [0.3, 0.4) is 0 Å². The molecule has 0 atom stereocenters. The van der Waals surface area contributed by atoms with Crippen LogP contribution in [0.1, 0.15) is 31.4 Å². The van der Waals surface area contributed by atoms with Gasteiger partial charge in [-0.25, -0.2) is 4.99 Å². The summed E-state index contributed by atoms with van der Waals surface area (Å²) in [6.07, 6.45) is 7.15. The number of guanidine groups is 1. The molecule has 4 nitrogen and oxygen atoms in total. The lowest BCUT2D eigenvalue weighted by Crippen LogP contribution is -2.38. The summed E-state index contributed by atoms with van der Waals surface area (Å²) in [5.41, 5.74) is 7.25. The lowest BCUT2D eigenvalue weighted by atomic mass is 10.2. The number of nitrogens with two attached hydrogens (primary N) is 1. The van der Waals surface area contributed by atoms with Crippen molar-refractivity contribution in [2.45, 2.75) is 32.2 Å². The van der Waals surface area contributed by atoms with Gasteiger partial charge in [0.05, 0.1) is 6.54 Å². The lowest BCUT2D eigenvalue weighted by Gasteiger charge is -2.21. The van der Waals surface area contributed by atoms with E-state index in [0.29, 0.717) is 12.5 Å². The molecule has 0 aliphatic carbocycles. The second-order valence-electron chi connectivity index (χ2n) is 4.69. The molecule has 2 heterocycles. The fraction of sp³-hybridized carbons (Fsp3) is 0.615. The van der Waals surface area contributed by atoms with Crippen LogP contribution in [0.25, 0.3) is 0 Å². The second-order valence-corrected chi connectivity index (χ2v) is 4.69. The number of rotatable bonds is 2. The largest absolute Gasteiger partial charge is 0.370 e. The number of hydrogen-bond acceptors (Lipinski definition) is 1. The van der Waals surface area contributed by atoms with Crippen LogP contribution >= 0.6 is 0 Å². The van der Waals surface area contributed by atoms with Gasteiger partial charge < -0.3 is 15.2 Å². The van der Waals surface area contributed by atoms with Gasteiger partial charge >= 0.3 is 0 Å². The summed E-state index contributed by atoms with van der Waals surface area (Å²) in [4.78, 5) is 6.71. The number of hydrogen-bond donors (Lipinski definition) is 1. The molecule has 1 saturated heterocycles. The Kier molecular flexibility index (Phi) is 4.07. The molecular weight excluding hydrogens is 212 g/mol. The number of aryl methyl sites for hydroxylation is 1. The van der Waals surface area contributed by atoms with Gasteiger partial charge in [-0.1, -0.05) is 12.8 Å². The molecule has 0 saturated carbocycles. The molecule has 1 aromatic heterocycles. The molecule has 4 heteroatoms. The van der Waals surface area contributed by atoms with Crippen LogP contribution in [0, 0.1) is 0 Å². The first-order valence-electron chi connectivity index (χ1n) is 6.42. The molecule has 2 N–H and O–H groups in total. The van der Waals surface area contributed by atoms with Crippen molar-refractivity contribution < 1.29 is 0 Å². The molecule has 0 bridgehead atoms. The fourth-order valence-electron chi connectivity index (χ4n) is 2.22. The SMILES string of the molecule is Cn1cccc1CN=C(N)N1CCCCCC1. The summed E-state index contributed by atoms with van der Waals surface area (Å²) in [6.45, 7) is 2.79. The van der Waals surface area contributed by atoms with Gasteiger partial charge in [0.1, 0.15) is 0 Å². The highest BCUT2D eigenvalue weighted by molar-refractivity contribution is 5.78. The minimum Gasteiger partial charge on any atom is -0.370 e. The molecule has 94 valence electrons. The van der Waals surface area contributed by atoms with Gasteiger partial charge in [0.15, 0.2) is 5.96 Å². The number of nitrogens with zero attached hydrogens (tertiary/aromatic N) is 3. The summed E-state index contributed by atoms with van der Waals surface area (Å²) >= 11 is 0. The Morgan fingerprint density at radius 1 is 1.29 bits per heavy atom. The Morgan fingerprint density at radius 2 is 2.00 bits per heavy atom. The first kappa shape index (κ1) is 12.0. The zero-order chi connectivity index (χ0) is 12.1. The Morgan fingerprint density at radius 3 is 2.59 bits per heavy atom. The maximum atomic E-state index is 6.05. The highest BCUT2D eigenvalue weighted by Gasteiger charge is 2.10. The molecular formula is C13H22N4. The van der Waals surface area contributed by atoms with Crippen molar-refractivity contribution in [1.82, 2.24) is 9.47 Å². The van der Waals surface area contributed by atoms with Crippen molar-refractivity contribution in [2.75, 3.05) is 13.1 Å². The molecule has 0 aromatic carbocycles. The predicted molar refractivity (Wildman–Crippen MR) is 70.8 cm³/mol. The van der Waals surface area contributed by atoms with E-state index in [9.17, 15) is 0 Å². The van der Waals surface area contributed by atoms with Crippen molar-refractivity contribution in [1.29, 1.82) is 0 Å². The Labute approximate surface area is 103 Å². The van der Waals surface area contributed by atoms with E-state index in [1.54, 1.807) is 0 Å². The number of aromatic nitrogens is 1. The van der Waals surface area contributed by atoms with E-state index in [1.165, 1.54) is 31.4 Å². The third-order valence-electron chi connectivity index (χ3n) is 3.38. The topological polar surface area (TPSA) is 46.6 Å². The van der Waals surface area contributed by atoms with Crippen molar-refractivity contribution in [3.8, 4) is 0 Å². The normalized spacial score (nSPS) is 18.2. The fourth-order valence-corrected chi connectivity index (χ4v) is 2.22. The molecule has 0 unspecified atom stereocenters. The van der Waals surface area contributed by atoms with Gasteiger partial charge in [-0.05, 0) is 25.0 Å². The van der Waals surface area contributed by atoms with Crippen LogP contribution in [0.4, 0.5) is 0 Å². The van der Waals surface area contributed by atoms with Crippen molar-refractivity contribution in [3.05, 3.63) is 24.0 Å². The predicted octanol–water partition coefficient (Wildman–Crippen LogP) is 1.72. The van der Waals surface area contributed by atoms with Gasteiger partial charge in [0.25, 0.3) is 0 Å². The number of likely N-dealkylation sites (tertiary alicyclic amines) is 1. The molecule has 0 spiro atoms. The van der Waals surface area contributed by atoms with Crippen LogP contribution in [0.15, 0.2) is 23.3 Å². The van der Waals surface area contributed by atoms with E-state index in [4.69, 9.17) is 5.73 Å². The van der Waals surface area contributed by atoms with E-state index >= 15 is 0 Å². The van der Waals surface area contributed by atoms with Crippen molar-refractivity contribution in [3.63, 3.8) is 0 Å². The van der Waals surface area contributed by atoms with Gasteiger partial charge in [0, 0.05) is 32.0 Å². The van der Waals surface area contributed by atoms with E-state index in [0.717, 1.165) is 13.1 Å². The Hall–Kier alpha value is -1.45. The van der Waals surface area contributed by atoms with E-state index in [1.807, 2.05) is 19.3 Å². The van der Waals surface area contributed by atoms with Gasteiger partial charge in [0.2, 0.25) is 0 Å². The molecule has 1 aliphatic rings. The summed E-state index contributed by atoms with van der Waals surface area (Å²) in [5.74, 6) is 0.702. The van der Waals surface area contributed by atoms with Crippen molar-refractivity contribution >= 4 is 5.96 Å². The molecule has 17 heavy (non-hydrogen) atoms. The molecule has 0 amide bonds. The van der Waals surface area contributed by atoms with E-state index < -0.39 is 0 Å². The maximum Gasteiger partial charge on any atom is 0.191 e. The number of aliphatic imine (C=N–C) groups is 1. The third kappa shape index (κ3) is 3.25. The second kappa shape index (κ2) is 5.75. The first-order valence-corrected chi connectivity index (χ1v) is 6.42. The van der Waals surface area contributed by atoms with Crippen LogP contribution in [-0.2, 0) is 13.6 Å². The molecule has 2 rings (SSSR count). The monoisotopic (exact) mass is 234 g/mol. The van der Waals surface area contributed by atoms with Gasteiger partial charge in [-0.15, -0.1) is 0 Å². The lowest BCUT2D eigenvalue weighted by molar-refractivity contribution is 0.428. The smallest absolute Gasteiger partial charge is 0.191 e. The van der Waals surface area contributed by atoms with Crippen LogP contribution < -0.4 is 5.73 Å². The summed E-state index contributed by atoms with van der Waals surface area (Å²) in [6, 6.07) is 4.12. The average Bonchev–Trinajstić information content (AvgIpc) is 2.58. The van der Waals surface area contributed by atoms with Crippen molar-refractivity contribution in [2.24, 2.45) is 17.8 Å². The highest BCUT2D eigenvalue weighted by Crippen LogP contribution is 2.09. The van der Waals surface area contributed by atoms with E-state index in [-0.39, 0.29) is 0 Å². The van der Waals surface area contributed by atoms with Crippen LogP contribution in [0.2, 0.25) is 0 Å². The highest BCUT2D eigenvalue weighted by atomic mass is 15.2. The summed E-state index contributed by atoms with van der Waals surface area (Å²) in [7, 11) is 2.03. The molecule has 1 aliphatic heterocycles. The minimum atomic E-state index is 0.672. The zero-order valence-corrected chi connectivity index (χ0v) is 10.6. The van der Waals surface area contributed by atoms with Gasteiger partial charge in [-0.3, -0.25) is 0 Å². The van der Waals surface area contributed by atoms with E-state index in [2.05, 4.69) is 20.5 Å². The Balaban J connectivity index is 1.94.